The predicted molar refractivity (Wildman–Crippen MR) is 135 cm³/mol. The van der Waals surface area contributed by atoms with Crippen molar-refractivity contribution >= 4 is 5.78 Å². The van der Waals surface area contributed by atoms with Crippen molar-refractivity contribution in [3.63, 3.8) is 0 Å². The molecule has 1 N–H and O–H groups in total. The van der Waals surface area contributed by atoms with Crippen LogP contribution in [-0.4, -0.2) is 66.1 Å². The van der Waals surface area contributed by atoms with Crippen LogP contribution in [0.3, 0.4) is 0 Å². The van der Waals surface area contributed by atoms with Gasteiger partial charge in [-0.1, -0.05) is 72.8 Å². The minimum atomic E-state index is -0.604. The summed E-state index contributed by atoms with van der Waals surface area (Å²) in [6, 6.07) is 27.9. The highest BCUT2D eigenvalue weighted by Gasteiger charge is 2.20. The van der Waals surface area contributed by atoms with Crippen LogP contribution in [0, 0.1) is 0 Å². The number of para-hydroxylation sites is 1. The highest BCUT2D eigenvalue weighted by molar-refractivity contribution is 5.98. The Balaban J connectivity index is 1.21. The van der Waals surface area contributed by atoms with Crippen molar-refractivity contribution in [3.05, 3.63) is 102 Å². The summed E-state index contributed by atoms with van der Waals surface area (Å²) >= 11 is 0. The van der Waals surface area contributed by atoms with E-state index in [4.69, 9.17) is 4.74 Å². The molecular formula is C29H34N2O3. The first-order valence-corrected chi connectivity index (χ1v) is 12.1. The average molecular weight is 459 g/mol. The van der Waals surface area contributed by atoms with E-state index in [1.54, 1.807) is 6.07 Å². The third kappa shape index (κ3) is 7.26. The van der Waals surface area contributed by atoms with Gasteiger partial charge in [-0.2, -0.15) is 0 Å². The van der Waals surface area contributed by atoms with Crippen LogP contribution in [0.5, 0.6) is 5.75 Å². The molecule has 5 nitrogen and oxygen atoms in total. The number of β-amino-alcohol motifs (C(OH)–C–C–N with tert-alkyl or cyclic N) is 1. The van der Waals surface area contributed by atoms with Gasteiger partial charge in [-0.05, 0) is 29.7 Å². The smallest absolute Gasteiger partial charge is 0.166 e. The molecular weight excluding hydrogens is 424 g/mol. The Bertz CT molecular complexity index is 1020. The second-order valence-electron chi connectivity index (χ2n) is 8.93. The van der Waals surface area contributed by atoms with Crippen LogP contribution in [0.2, 0.25) is 0 Å². The van der Waals surface area contributed by atoms with E-state index in [0.29, 0.717) is 30.7 Å². The number of aliphatic hydroxyl groups is 1. The summed E-state index contributed by atoms with van der Waals surface area (Å²) < 4.78 is 5.91. The lowest BCUT2D eigenvalue weighted by atomic mass is 10.0. The monoisotopic (exact) mass is 458 g/mol. The summed E-state index contributed by atoms with van der Waals surface area (Å²) in [7, 11) is 0. The number of benzene rings is 3. The van der Waals surface area contributed by atoms with E-state index in [1.165, 1.54) is 5.56 Å². The van der Waals surface area contributed by atoms with Crippen molar-refractivity contribution in [1.29, 1.82) is 0 Å². The molecule has 0 unspecified atom stereocenters. The van der Waals surface area contributed by atoms with E-state index in [9.17, 15) is 9.90 Å². The highest BCUT2D eigenvalue weighted by Crippen LogP contribution is 2.21. The Morgan fingerprint density at radius 2 is 1.38 bits per heavy atom. The van der Waals surface area contributed by atoms with Crippen LogP contribution in [0.15, 0.2) is 84.9 Å². The fourth-order valence-electron chi connectivity index (χ4n) is 4.37. The predicted octanol–water partition coefficient (Wildman–Crippen LogP) is 4.06. The Morgan fingerprint density at radius 3 is 2.09 bits per heavy atom. The number of aliphatic hydroxyl groups excluding tert-OH is 1. The lowest BCUT2D eigenvalue weighted by molar-refractivity contribution is 0.0443. The lowest BCUT2D eigenvalue weighted by Crippen LogP contribution is -2.48. The van der Waals surface area contributed by atoms with Gasteiger partial charge in [0.25, 0.3) is 0 Å². The summed E-state index contributed by atoms with van der Waals surface area (Å²) in [5, 5.41) is 10.6. The molecule has 4 rings (SSSR count). The normalized spacial score (nSPS) is 15.7. The zero-order valence-corrected chi connectivity index (χ0v) is 19.7. The molecule has 0 bridgehead atoms. The molecule has 1 fully saturated rings. The molecule has 1 saturated heterocycles. The molecule has 0 amide bonds. The maximum absolute atomic E-state index is 12.8. The molecule has 1 atom stereocenters. The number of nitrogens with zero attached hydrogens (tertiary/aromatic N) is 2. The van der Waals surface area contributed by atoms with Crippen LogP contribution in [0.25, 0.3) is 0 Å². The van der Waals surface area contributed by atoms with Gasteiger partial charge < -0.3 is 9.84 Å². The molecule has 1 aliphatic rings. The fourth-order valence-corrected chi connectivity index (χ4v) is 4.37. The second-order valence-corrected chi connectivity index (χ2v) is 8.93. The molecule has 0 radical (unpaired) electrons. The van der Waals surface area contributed by atoms with E-state index in [-0.39, 0.29) is 12.4 Å². The van der Waals surface area contributed by atoms with Gasteiger partial charge in [0.2, 0.25) is 0 Å². The van der Waals surface area contributed by atoms with E-state index in [0.717, 1.165) is 38.3 Å². The zero-order valence-electron chi connectivity index (χ0n) is 19.7. The van der Waals surface area contributed by atoms with Crippen LogP contribution in [0.1, 0.15) is 27.9 Å². The number of hydrogen-bond donors (Lipinski definition) is 1. The number of hydrogen-bond acceptors (Lipinski definition) is 5. The van der Waals surface area contributed by atoms with E-state index < -0.39 is 6.10 Å². The fraction of sp³-hybridized carbons (Fsp3) is 0.345. The van der Waals surface area contributed by atoms with Crippen LogP contribution in [0.4, 0.5) is 0 Å². The van der Waals surface area contributed by atoms with Crippen molar-refractivity contribution in [2.45, 2.75) is 25.5 Å². The first kappa shape index (κ1) is 24.1. The average Bonchev–Trinajstić information content (AvgIpc) is 2.88. The number of ketones is 1. The minimum absolute atomic E-state index is 0.0588. The molecule has 0 spiro atoms. The molecule has 1 aliphatic heterocycles. The first-order valence-electron chi connectivity index (χ1n) is 12.1. The van der Waals surface area contributed by atoms with Gasteiger partial charge in [-0.25, -0.2) is 0 Å². The number of rotatable bonds is 11. The number of aryl methyl sites for hydroxylation is 1. The Hall–Kier alpha value is -2.99. The van der Waals surface area contributed by atoms with Gasteiger partial charge in [-0.15, -0.1) is 0 Å². The van der Waals surface area contributed by atoms with Crippen LogP contribution < -0.4 is 4.74 Å². The van der Waals surface area contributed by atoms with Gasteiger partial charge in [0.15, 0.2) is 5.78 Å². The lowest BCUT2D eigenvalue weighted by Gasteiger charge is -2.35. The Morgan fingerprint density at radius 1 is 0.794 bits per heavy atom. The molecule has 3 aromatic carbocycles. The van der Waals surface area contributed by atoms with Gasteiger partial charge >= 0.3 is 0 Å². The van der Waals surface area contributed by atoms with Gasteiger partial charge in [-0.3, -0.25) is 14.6 Å². The Labute approximate surface area is 202 Å². The summed E-state index contributed by atoms with van der Waals surface area (Å²) in [6.07, 6.45) is 0.528. The van der Waals surface area contributed by atoms with Gasteiger partial charge in [0, 0.05) is 45.7 Å². The highest BCUT2D eigenvalue weighted by atomic mass is 16.5. The summed E-state index contributed by atoms with van der Waals surface area (Å²) in [4.78, 5) is 17.5. The third-order valence-corrected chi connectivity index (χ3v) is 6.29. The van der Waals surface area contributed by atoms with E-state index in [2.05, 4.69) is 34.1 Å². The largest absolute Gasteiger partial charge is 0.490 e. The number of Topliss-reactive ketones (excluding diaryl/α,β-unsaturated/α-hetero) is 1. The van der Waals surface area contributed by atoms with Crippen LogP contribution >= 0.6 is 0 Å². The molecule has 5 heteroatoms. The standard InChI is InChI=1S/C29H34N2O3/c32-26(22-31-19-17-30(18-20-31)21-25-11-5-2-6-12-25)23-34-29-14-8-7-13-27(29)28(33)16-15-24-9-3-1-4-10-24/h1-14,26,32H,15-23H2/t26-/m1/s1. The van der Waals surface area contributed by atoms with Crippen molar-refractivity contribution in [3.8, 4) is 5.75 Å². The number of carbonyl (C=O) groups excluding carboxylic acids is 1. The molecule has 0 saturated carbocycles. The maximum Gasteiger partial charge on any atom is 0.166 e. The van der Waals surface area contributed by atoms with Crippen LogP contribution in [-0.2, 0) is 13.0 Å². The third-order valence-electron chi connectivity index (χ3n) is 6.29. The second kappa shape index (κ2) is 12.5. The maximum atomic E-state index is 12.8. The summed E-state index contributed by atoms with van der Waals surface area (Å²) in [6.45, 7) is 5.55. The van der Waals surface area contributed by atoms with Crippen molar-refractivity contribution in [2.75, 3.05) is 39.3 Å². The molecule has 3 aromatic rings. The van der Waals surface area contributed by atoms with Gasteiger partial charge in [0.05, 0.1) is 5.56 Å². The van der Waals surface area contributed by atoms with Crippen molar-refractivity contribution < 1.29 is 14.6 Å². The molecule has 0 aliphatic carbocycles. The van der Waals surface area contributed by atoms with Crippen molar-refractivity contribution in [1.82, 2.24) is 9.80 Å². The molecule has 34 heavy (non-hydrogen) atoms. The summed E-state index contributed by atoms with van der Waals surface area (Å²) in [5.74, 6) is 0.607. The number of piperazine rings is 1. The van der Waals surface area contributed by atoms with Gasteiger partial charge in [0.1, 0.15) is 18.5 Å². The number of carbonyl (C=O) groups is 1. The molecule has 0 aromatic heterocycles. The number of ether oxygens (including phenoxy) is 1. The van der Waals surface area contributed by atoms with E-state index in [1.807, 2.05) is 54.6 Å². The minimum Gasteiger partial charge on any atom is -0.490 e. The molecule has 178 valence electrons. The SMILES string of the molecule is O=C(CCc1ccccc1)c1ccccc1OC[C@H](O)CN1CCN(Cc2ccccc2)CC1. The quantitative estimate of drug-likeness (QED) is 0.439. The summed E-state index contributed by atoms with van der Waals surface area (Å²) in [5.41, 5.74) is 3.06. The van der Waals surface area contributed by atoms with E-state index >= 15 is 0 Å². The zero-order chi connectivity index (χ0) is 23.6. The Kier molecular flexibility index (Phi) is 8.85. The molecule has 1 heterocycles. The topological polar surface area (TPSA) is 53.0 Å². The first-order chi connectivity index (χ1) is 16.7. The van der Waals surface area contributed by atoms with Crippen molar-refractivity contribution in [2.24, 2.45) is 0 Å².